The Kier molecular flexibility index (Phi) is 3.44. The van der Waals surface area contributed by atoms with Crippen LogP contribution in [0.5, 0.6) is 0 Å². The van der Waals surface area contributed by atoms with E-state index in [0.29, 0.717) is 5.54 Å². The maximum atomic E-state index is 3.50. The van der Waals surface area contributed by atoms with Crippen molar-refractivity contribution in [3.8, 4) is 0 Å². The zero-order valence-electron chi connectivity index (χ0n) is 9.62. The molecule has 15 heavy (non-hydrogen) atoms. The van der Waals surface area contributed by atoms with Gasteiger partial charge in [-0.1, -0.05) is 6.92 Å². The molecular weight excluding hydrogens is 204 g/mol. The first kappa shape index (κ1) is 11.1. The highest BCUT2D eigenvalue weighted by Gasteiger charge is 2.32. The van der Waals surface area contributed by atoms with Crippen molar-refractivity contribution in [1.82, 2.24) is 10.2 Å². The summed E-state index contributed by atoms with van der Waals surface area (Å²) in [5.74, 6) is 0. The summed E-state index contributed by atoms with van der Waals surface area (Å²) in [7, 11) is 0. The monoisotopic (exact) mass is 224 g/mol. The minimum absolute atomic E-state index is 0.334. The molecule has 84 valence electrons. The van der Waals surface area contributed by atoms with Crippen molar-refractivity contribution in [1.29, 1.82) is 0 Å². The second kappa shape index (κ2) is 4.64. The summed E-state index contributed by atoms with van der Waals surface area (Å²) in [6.07, 6.45) is 1.21. The number of piperazine rings is 1. The maximum Gasteiger partial charge on any atom is 0.0307 e. The van der Waals surface area contributed by atoms with Crippen LogP contribution in [0.15, 0.2) is 16.8 Å². The normalized spacial score (nSPS) is 28.1. The summed E-state index contributed by atoms with van der Waals surface area (Å²) >= 11 is 1.79. The minimum atomic E-state index is 0.334. The molecule has 1 atom stereocenters. The number of thiophene rings is 1. The first-order chi connectivity index (χ1) is 7.24. The first-order valence-electron chi connectivity index (χ1n) is 5.71. The molecule has 2 heterocycles. The van der Waals surface area contributed by atoms with E-state index in [-0.39, 0.29) is 0 Å². The van der Waals surface area contributed by atoms with Crippen LogP contribution in [-0.2, 0) is 6.54 Å². The van der Waals surface area contributed by atoms with E-state index in [1.54, 1.807) is 11.3 Å². The summed E-state index contributed by atoms with van der Waals surface area (Å²) in [6, 6.07) is 2.24. The predicted molar refractivity (Wildman–Crippen MR) is 66.3 cm³/mol. The summed E-state index contributed by atoms with van der Waals surface area (Å²) in [5, 5.41) is 7.93. The molecule has 0 saturated carbocycles. The third kappa shape index (κ3) is 2.41. The van der Waals surface area contributed by atoms with Crippen LogP contribution in [0.25, 0.3) is 0 Å². The molecule has 1 aliphatic rings. The Balaban J connectivity index is 2.05. The van der Waals surface area contributed by atoms with Gasteiger partial charge >= 0.3 is 0 Å². The third-order valence-electron chi connectivity index (χ3n) is 3.54. The van der Waals surface area contributed by atoms with Gasteiger partial charge in [-0.3, -0.25) is 4.90 Å². The Hall–Kier alpha value is -0.380. The number of hydrogen-bond acceptors (Lipinski definition) is 3. The van der Waals surface area contributed by atoms with E-state index in [9.17, 15) is 0 Å². The quantitative estimate of drug-likeness (QED) is 0.847. The Bertz CT molecular complexity index is 297. The van der Waals surface area contributed by atoms with Gasteiger partial charge in [0.05, 0.1) is 0 Å². The molecule has 0 radical (unpaired) electrons. The molecule has 0 bridgehead atoms. The molecule has 1 saturated heterocycles. The van der Waals surface area contributed by atoms with E-state index in [2.05, 4.69) is 40.9 Å². The van der Waals surface area contributed by atoms with Gasteiger partial charge in [0.15, 0.2) is 0 Å². The van der Waals surface area contributed by atoms with Crippen LogP contribution < -0.4 is 5.32 Å². The number of nitrogens with zero attached hydrogens (tertiary/aromatic N) is 1. The van der Waals surface area contributed by atoms with Gasteiger partial charge in [-0.25, -0.2) is 0 Å². The minimum Gasteiger partial charge on any atom is -0.314 e. The molecule has 1 aliphatic heterocycles. The first-order valence-corrected chi connectivity index (χ1v) is 6.66. The lowest BCUT2D eigenvalue weighted by atomic mass is 9.93. The number of rotatable bonds is 3. The van der Waals surface area contributed by atoms with Gasteiger partial charge in [0, 0.05) is 31.7 Å². The fraction of sp³-hybridized carbons (Fsp3) is 0.667. The van der Waals surface area contributed by atoms with Crippen LogP contribution in [-0.4, -0.2) is 30.1 Å². The van der Waals surface area contributed by atoms with Crippen LogP contribution in [0.1, 0.15) is 25.8 Å². The van der Waals surface area contributed by atoms with Crippen molar-refractivity contribution in [2.24, 2.45) is 0 Å². The van der Waals surface area contributed by atoms with E-state index in [1.807, 2.05) is 0 Å². The van der Waals surface area contributed by atoms with E-state index in [1.165, 1.54) is 18.5 Å². The summed E-state index contributed by atoms with van der Waals surface area (Å²) in [4.78, 5) is 2.62. The largest absolute Gasteiger partial charge is 0.314 e. The van der Waals surface area contributed by atoms with Crippen LogP contribution >= 0.6 is 11.3 Å². The highest BCUT2D eigenvalue weighted by atomic mass is 32.1. The number of hydrogen-bond donors (Lipinski definition) is 1. The number of nitrogens with one attached hydrogen (secondary N) is 1. The van der Waals surface area contributed by atoms with Crippen LogP contribution in [0, 0.1) is 0 Å². The molecule has 3 heteroatoms. The van der Waals surface area contributed by atoms with Gasteiger partial charge in [0.25, 0.3) is 0 Å². The second-order valence-corrected chi connectivity index (χ2v) is 5.36. The lowest BCUT2D eigenvalue weighted by molar-refractivity contribution is 0.0639. The molecule has 1 aromatic heterocycles. The van der Waals surface area contributed by atoms with Crippen molar-refractivity contribution >= 4 is 11.3 Å². The Morgan fingerprint density at radius 3 is 3.13 bits per heavy atom. The fourth-order valence-electron chi connectivity index (χ4n) is 2.17. The summed E-state index contributed by atoms with van der Waals surface area (Å²) in [5.41, 5.74) is 1.79. The lowest BCUT2D eigenvalue weighted by Gasteiger charge is -2.44. The zero-order chi connectivity index (χ0) is 10.7. The van der Waals surface area contributed by atoms with E-state index in [0.717, 1.165) is 19.6 Å². The van der Waals surface area contributed by atoms with Crippen LogP contribution in [0.3, 0.4) is 0 Å². The molecule has 0 amide bonds. The molecule has 0 spiro atoms. The molecule has 1 aromatic rings. The van der Waals surface area contributed by atoms with Crippen molar-refractivity contribution in [3.05, 3.63) is 22.4 Å². The average molecular weight is 224 g/mol. The van der Waals surface area contributed by atoms with E-state index in [4.69, 9.17) is 0 Å². The fourth-order valence-corrected chi connectivity index (χ4v) is 2.83. The van der Waals surface area contributed by atoms with Crippen LogP contribution in [0.4, 0.5) is 0 Å². The highest BCUT2D eigenvalue weighted by molar-refractivity contribution is 7.07. The summed E-state index contributed by atoms with van der Waals surface area (Å²) in [6.45, 7) is 9.17. The molecule has 1 N–H and O–H groups in total. The standard InChI is InChI=1S/C12H20N2S/c1-3-12(2)10-13-5-6-14(12)8-11-4-7-15-9-11/h4,7,9,13H,3,5-6,8,10H2,1-2H3. The maximum absolute atomic E-state index is 3.50. The molecule has 2 nitrogen and oxygen atoms in total. The molecular formula is C12H20N2S. The third-order valence-corrected chi connectivity index (χ3v) is 4.28. The highest BCUT2D eigenvalue weighted by Crippen LogP contribution is 2.23. The van der Waals surface area contributed by atoms with Gasteiger partial charge in [-0.2, -0.15) is 11.3 Å². The Morgan fingerprint density at radius 1 is 1.60 bits per heavy atom. The average Bonchev–Trinajstić information content (AvgIpc) is 2.74. The van der Waals surface area contributed by atoms with Gasteiger partial charge in [0.2, 0.25) is 0 Å². The van der Waals surface area contributed by atoms with E-state index < -0.39 is 0 Å². The van der Waals surface area contributed by atoms with Crippen molar-refractivity contribution in [2.75, 3.05) is 19.6 Å². The van der Waals surface area contributed by atoms with Gasteiger partial charge in [0.1, 0.15) is 0 Å². The smallest absolute Gasteiger partial charge is 0.0307 e. The van der Waals surface area contributed by atoms with Gasteiger partial charge in [-0.15, -0.1) is 0 Å². The zero-order valence-corrected chi connectivity index (χ0v) is 10.4. The van der Waals surface area contributed by atoms with Crippen molar-refractivity contribution in [2.45, 2.75) is 32.4 Å². The molecule has 1 fully saturated rings. The predicted octanol–water partition coefficient (Wildman–Crippen LogP) is 2.32. The van der Waals surface area contributed by atoms with Crippen LogP contribution in [0.2, 0.25) is 0 Å². The molecule has 0 aromatic carbocycles. The molecule has 1 unspecified atom stereocenters. The second-order valence-electron chi connectivity index (χ2n) is 4.58. The summed E-state index contributed by atoms with van der Waals surface area (Å²) < 4.78 is 0. The molecule has 0 aliphatic carbocycles. The van der Waals surface area contributed by atoms with Gasteiger partial charge in [-0.05, 0) is 35.7 Å². The van der Waals surface area contributed by atoms with Gasteiger partial charge < -0.3 is 5.32 Å². The van der Waals surface area contributed by atoms with Crippen molar-refractivity contribution in [3.63, 3.8) is 0 Å². The Labute approximate surface area is 96.3 Å². The molecule has 2 rings (SSSR count). The van der Waals surface area contributed by atoms with Crippen molar-refractivity contribution < 1.29 is 0 Å². The van der Waals surface area contributed by atoms with E-state index >= 15 is 0 Å². The SMILES string of the molecule is CCC1(C)CNCCN1Cc1ccsc1. The topological polar surface area (TPSA) is 15.3 Å². The Morgan fingerprint density at radius 2 is 2.47 bits per heavy atom. The lowest BCUT2D eigenvalue weighted by Crippen LogP contribution is -2.58.